The highest BCUT2D eigenvalue weighted by Crippen LogP contribution is 2.21. The molecule has 0 spiro atoms. The zero-order valence-electron chi connectivity index (χ0n) is 11.3. The number of carbonyl (C=O) groups is 1. The second-order valence-electron chi connectivity index (χ2n) is 4.43. The Kier molecular flexibility index (Phi) is 5.49. The van der Waals surface area contributed by atoms with Crippen molar-refractivity contribution in [2.75, 3.05) is 12.3 Å². The summed E-state index contributed by atoms with van der Waals surface area (Å²) < 4.78 is 5.62. The zero-order valence-corrected chi connectivity index (χ0v) is 11.3. The third-order valence-electron chi connectivity index (χ3n) is 2.70. The molecule has 1 aromatic rings. The summed E-state index contributed by atoms with van der Waals surface area (Å²) in [4.78, 5) is 11.7. The van der Waals surface area contributed by atoms with Crippen molar-refractivity contribution in [3.8, 4) is 5.75 Å². The Morgan fingerprint density at radius 2 is 2.22 bits per heavy atom. The number of aryl methyl sites for hydroxylation is 1. The molecule has 0 aromatic heterocycles. The van der Waals surface area contributed by atoms with Crippen molar-refractivity contribution in [1.82, 2.24) is 5.32 Å². The molecule has 1 aromatic carbocycles. The van der Waals surface area contributed by atoms with Gasteiger partial charge in [0, 0.05) is 12.2 Å². The second-order valence-corrected chi connectivity index (χ2v) is 4.43. The van der Waals surface area contributed by atoms with Crippen LogP contribution < -0.4 is 15.8 Å². The summed E-state index contributed by atoms with van der Waals surface area (Å²) in [5, 5.41) is 2.85. The van der Waals surface area contributed by atoms with Crippen LogP contribution in [-0.4, -0.2) is 18.6 Å². The van der Waals surface area contributed by atoms with E-state index in [0.717, 1.165) is 18.4 Å². The van der Waals surface area contributed by atoms with E-state index in [1.54, 1.807) is 19.1 Å². The van der Waals surface area contributed by atoms with Crippen LogP contribution in [-0.2, 0) is 4.79 Å². The standard InChI is InChI=1S/C14H22N2O2/c1-4-5-8-16-14(17)11(3)18-13-7-6-12(15)9-10(13)2/h6-7,9,11H,4-5,8,15H2,1-3H3,(H,16,17). The van der Waals surface area contributed by atoms with Crippen molar-refractivity contribution < 1.29 is 9.53 Å². The number of anilines is 1. The number of hydrogen-bond acceptors (Lipinski definition) is 3. The van der Waals surface area contributed by atoms with Gasteiger partial charge in [0.2, 0.25) is 0 Å². The summed E-state index contributed by atoms with van der Waals surface area (Å²) in [6.07, 6.45) is 1.55. The van der Waals surface area contributed by atoms with Crippen LogP contribution in [0.1, 0.15) is 32.3 Å². The van der Waals surface area contributed by atoms with Crippen LogP contribution in [0, 0.1) is 6.92 Å². The molecule has 0 saturated heterocycles. The van der Waals surface area contributed by atoms with E-state index >= 15 is 0 Å². The molecule has 1 unspecified atom stereocenters. The zero-order chi connectivity index (χ0) is 13.5. The van der Waals surface area contributed by atoms with Crippen LogP contribution in [0.4, 0.5) is 5.69 Å². The van der Waals surface area contributed by atoms with E-state index in [4.69, 9.17) is 10.5 Å². The van der Waals surface area contributed by atoms with E-state index in [-0.39, 0.29) is 5.91 Å². The molecule has 0 aliphatic rings. The number of ether oxygens (including phenoxy) is 1. The van der Waals surface area contributed by atoms with E-state index in [1.807, 2.05) is 13.0 Å². The lowest BCUT2D eigenvalue weighted by molar-refractivity contribution is -0.127. The molecule has 0 bridgehead atoms. The molecule has 0 fully saturated rings. The summed E-state index contributed by atoms with van der Waals surface area (Å²) >= 11 is 0. The highest BCUT2D eigenvalue weighted by Gasteiger charge is 2.14. The van der Waals surface area contributed by atoms with Gasteiger partial charge in [0.05, 0.1) is 0 Å². The summed E-state index contributed by atoms with van der Waals surface area (Å²) in [5.41, 5.74) is 7.29. The van der Waals surface area contributed by atoms with Crippen LogP contribution in [0.5, 0.6) is 5.75 Å². The number of nitrogens with two attached hydrogens (primary N) is 1. The van der Waals surface area contributed by atoms with Gasteiger partial charge >= 0.3 is 0 Å². The minimum absolute atomic E-state index is 0.0836. The number of unbranched alkanes of at least 4 members (excludes halogenated alkanes) is 1. The van der Waals surface area contributed by atoms with Gasteiger partial charge in [0.25, 0.3) is 5.91 Å². The molecular formula is C14H22N2O2. The van der Waals surface area contributed by atoms with Gasteiger partial charge in [0.1, 0.15) is 5.75 Å². The van der Waals surface area contributed by atoms with Crippen LogP contribution in [0.15, 0.2) is 18.2 Å². The van der Waals surface area contributed by atoms with E-state index in [0.29, 0.717) is 18.0 Å². The van der Waals surface area contributed by atoms with E-state index in [1.165, 1.54) is 0 Å². The number of nitrogen functional groups attached to an aromatic ring is 1. The Balaban J connectivity index is 2.53. The topological polar surface area (TPSA) is 64.3 Å². The summed E-state index contributed by atoms with van der Waals surface area (Å²) in [5.74, 6) is 0.613. The Bertz CT molecular complexity index is 405. The highest BCUT2D eigenvalue weighted by atomic mass is 16.5. The average Bonchev–Trinajstić information content (AvgIpc) is 2.32. The van der Waals surface area contributed by atoms with E-state index in [9.17, 15) is 4.79 Å². The second kappa shape index (κ2) is 6.89. The number of benzene rings is 1. The quantitative estimate of drug-likeness (QED) is 0.601. The predicted octanol–water partition coefficient (Wildman–Crippen LogP) is 2.26. The van der Waals surface area contributed by atoms with Crippen LogP contribution in [0.3, 0.4) is 0 Å². The first kappa shape index (κ1) is 14.4. The number of amides is 1. The van der Waals surface area contributed by atoms with Crippen molar-refractivity contribution in [3.05, 3.63) is 23.8 Å². The lowest BCUT2D eigenvalue weighted by atomic mass is 10.2. The molecule has 0 radical (unpaired) electrons. The van der Waals surface area contributed by atoms with Gasteiger partial charge in [-0.05, 0) is 44.0 Å². The number of carbonyl (C=O) groups excluding carboxylic acids is 1. The maximum atomic E-state index is 11.7. The van der Waals surface area contributed by atoms with Gasteiger partial charge in [-0.15, -0.1) is 0 Å². The Morgan fingerprint density at radius 1 is 1.50 bits per heavy atom. The fourth-order valence-electron chi connectivity index (χ4n) is 1.58. The molecule has 1 rings (SSSR count). The normalized spacial score (nSPS) is 11.9. The van der Waals surface area contributed by atoms with Crippen molar-refractivity contribution >= 4 is 11.6 Å². The summed E-state index contributed by atoms with van der Waals surface area (Å²) in [6.45, 7) is 6.44. The number of rotatable bonds is 6. The van der Waals surface area contributed by atoms with Crippen molar-refractivity contribution in [2.24, 2.45) is 0 Å². The first-order valence-corrected chi connectivity index (χ1v) is 6.35. The smallest absolute Gasteiger partial charge is 0.260 e. The summed E-state index contributed by atoms with van der Waals surface area (Å²) in [7, 11) is 0. The third-order valence-corrected chi connectivity index (χ3v) is 2.70. The molecule has 4 nitrogen and oxygen atoms in total. The van der Waals surface area contributed by atoms with Gasteiger partial charge < -0.3 is 15.8 Å². The average molecular weight is 250 g/mol. The van der Waals surface area contributed by atoms with Crippen molar-refractivity contribution in [2.45, 2.75) is 39.7 Å². The highest BCUT2D eigenvalue weighted by molar-refractivity contribution is 5.80. The van der Waals surface area contributed by atoms with Crippen LogP contribution in [0.2, 0.25) is 0 Å². The molecule has 100 valence electrons. The molecule has 0 heterocycles. The fraction of sp³-hybridized carbons (Fsp3) is 0.500. The van der Waals surface area contributed by atoms with Crippen LogP contribution in [0.25, 0.3) is 0 Å². The number of hydrogen-bond donors (Lipinski definition) is 2. The van der Waals surface area contributed by atoms with Gasteiger partial charge in [0.15, 0.2) is 6.10 Å². The molecule has 0 aliphatic carbocycles. The Morgan fingerprint density at radius 3 is 2.83 bits per heavy atom. The third kappa shape index (κ3) is 4.28. The van der Waals surface area contributed by atoms with Gasteiger partial charge in [-0.3, -0.25) is 4.79 Å². The maximum absolute atomic E-state index is 11.7. The molecule has 3 N–H and O–H groups in total. The Hall–Kier alpha value is -1.71. The fourth-order valence-corrected chi connectivity index (χ4v) is 1.58. The lowest BCUT2D eigenvalue weighted by Crippen LogP contribution is -2.36. The SMILES string of the molecule is CCCCNC(=O)C(C)Oc1ccc(N)cc1C. The predicted molar refractivity (Wildman–Crippen MR) is 73.6 cm³/mol. The van der Waals surface area contributed by atoms with E-state index < -0.39 is 6.10 Å². The lowest BCUT2D eigenvalue weighted by Gasteiger charge is -2.16. The van der Waals surface area contributed by atoms with Gasteiger partial charge in [-0.25, -0.2) is 0 Å². The molecular weight excluding hydrogens is 228 g/mol. The molecule has 0 aliphatic heterocycles. The first-order valence-electron chi connectivity index (χ1n) is 6.35. The minimum atomic E-state index is -0.496. The molecule has 0 saturated carbocycles. The number of nitrogens with one attached hydrogen (secondary N) is 1. The summed E-state index contributed by atoms with van der Waals surface area (Å²) in [6, 6.07) is 5.39. The van der Waals surface area contributed by atoms with Crippen molar-refractivity contribution in [1.29, 1.82) is 0 Å². The Labute approximate surface area is 109 Å². The molecule has 1 atom stereocenters. The van der Waals surface area contributed by atoms with Gasteiger partial charge in [-0.2, -0.15) is 0 Å². The molecule has 4 heteroatoms. The van der Waals surface area contributed by atoms with Gasteiger partial charge in [-0.1, -0.05) is 13.3 Å². The first-order chi connectivity index (χ1) is 8.54. The van der Waals surface area contributed by atoms with Crippen LogP contribution >= 0.6 is 0 Å². The maximum Gasteiger partial charge on any atom is 0.260 e. The molecule has 1 amide bonds. The minimum Gasteiger partial charge on any atom is -0.481 e. The van der Waals surface area contributed by atoms with E-state index in [2.05, 4.69) is 12.2 Å². The van der Waals surface area contributed by atoms with Crippen molar-refractivity contribution in [3.63, 3.8) is 0 Å². The largest absolute Gasteiger partial charge is 0.481 e. The monoisotopic (exact) mass is 250 g/mol. The molecule has 18 heavy (non-hydrogen) atoms.